The number of fused-ring (bicyclic) bond motifs is 1. The Morgan fingerprint density at radius 3 is 2.90 bits per heavy atom. The molecule has 1 N–H and O–H groups in total. The Kier molecular flexibility index (Phi) is 2.50. The predicted octanol–water partition coefficient (Wildman–Crippen LogP) is 2.47. The third-order valence-corrected chi connectivity index (χ3v) is 4.63. The average molecular weight is 289 g/mol. The van der Waals surface area contributed by atoms with Gasteiger partial charge in [-0.2, -0.15) is 5.10 Å². The number of hydrogen-bond donors (Lipinski definition) is 1. The van der Waals surface area contributed by atoms with Gasteiger partial charge in [0.05, 0.1) is 16.1 Å². The molecule has 0 bridgehead atoms. The molecule has 0 aliphatic carbocycles. The van der Waals surface area contributed by atoms with E-state index in [-0.39, 0.29) is 5.82 Å². The Balaban J connectivity index is 1.56. The van der Waals surface area contributed by atoms with E-state index in [9.17, 15) is 4.39 Å². The van der Waals surface area contributed by atoms with Crippen LogP contribution in [0.3, 0.4) is 0 Å². The molecule has 0 unspecified atom stereocenters. The largest absolute Gasteiger partial charge is 0.346 e. The van der Waals surface area contributed by atoms with Crippen LogP contribution < -0.4 is 4.90 Å². The molecule has 3 heterocycles. The third kappa shape index (κ3) is 1.77. The maximum absolute atomic E-state index is 13.7. The maximum atomic E-state index is 13.7. The molecule has 1 aliphatic rings. The highest BCUT2D eigenvalue weighted by Gasteiger charge is 2.33. The smallest absolute Gasteiger partial charge is 0.186 e. The van der Waals surface area contributed by atoms with Gasteiger partial charge in [0, 0.05) is 13.1 Å². The summed E-state index contributed by atoms with van der Waals surface area (Å²) in [6.45, 7) is 3.56. The molecule has 2 aromatic heterocycles. The van der Waals surface area contributed by atoms with Crippen molar-refractivity contribution in [2.24, 2.45) is 0 Å². The van der Waals surface area contributed by atoms with Crippen LogP contribution in [0, 0.1) is 12.7 Å². The minimum Gasteiger partial charge on any atom is -0.346 e. The molecule has 1 fully saturated rings. The second kappa shape index (κ2) is 4.24. The van der Waals surface area contributed by atoms with E-state index in [4.69, 9.17) is 0 Å². The second-order valence-electron chi connectivity index (χ2n) is 4.97. The predicted molar refractivity (Wildman–Crippen MR) is 75.7 cm³/mol. The number of halogens is 1. The topological polar surface area (TPSA) is 57.7 Å². The monoisotopic (exact) mass is 289 g/mol. The summed E-state index contributed by atoms with van der Waals surface area (Å²) in [5, 5.41) is 7.91. The minimum atomic E-state index is -0.201. The first kappa shape index (κ1) is 11.8. The van der Waals surface area contributed by atoms with Crippen LogP contribution in [0.2, 0.25) is 0 Å². The van der Waals surface area contributed by atoms with Gasteiger partial charge in [-0.15, -0.1) is 0 Å². The van der Waals surface area contributed by atoms with Crippen LogP contribution in [0.5, 0.6) is 0 Å². The molecule has 0 spiro atoms. The van der Waals surface area contributed by atoms with Crippen molar-refractivity contribution in [1.82, 2.24) is 20.2 Å². The van der Waals surface area contributed by atoms with Gasteiger partial charge in [0.1, 0.15) is 11.6 Å². The first-order chi connectivity index (χ1) is 9.70. The number of aromatic nitrogens is 4. The number of anilines is 1. The molecule has 0 radical (unpaired) electrons. The number of nitrogens with zero attached hydrogens (tertiary/aromatic N) is 4. The molecular formula is C13H12FN5S. The zero-order valence-corrected chi connectivity index (χ0v) is 11.6. The number of nitrogens with one attached hydrogen (secondary N) is 1. The van der Waals surface area contributed by atoms with Crippen LogP contribution in [0.4, 0.5) is 9.52 Å². The number of thiazole rings is 1. The molecule has 0 amide bonds. The fourth-order valence-corrected chi connectivity index (χ4v) is 3.37. The maximum Gasteiger partial charge on any atom is 0.186 e. The van der Waals surface area contributed by atoms with Crippen molar-refractivity contribution in [3.8, 4) is 0 Å². The van der Waals surface area contributed by atoms with E-state index in [1.54, 1.807) is 6.07 Å². The number of benzene rings is 1. The normalized spacial score (nSPS) is 15.8. The first-order valence-corrected chi connectivity index (χ1v) is 7.21. The summed E-state index contributed by atoms with van der Waals surface area (Å²) >= 11 is 1.40. The van der Waals surface area contributed by atoms with E-state index in [0.717, 1.165) is 35.4 Å². The lowest BCUT2D eigenvalue weighted by Crippen LogP contribution is -2.45. The van der Waals surface area contributed by atoms with Crippen LogP contribution in [-0.4, -0.2) is 33.3 Å². The molecule has 1 aliphatic heterocycles. The summed E-state index contributed by atoms with van der Waals surface area (Å²) in [6, 6.07) is 5.00. The highest BCUT2D eigenvalue weighted by molar-refractivity contribution is 7.22. The fourth-order valence-electron chi connectivity index (χ4n) is 2.38. The van der Waals surface area contributed by atoms with Crippen molar-refractivity contribution >= 4 is 26.7 Å². The van der Waals surface area contributed by atoms with Gasteiger partial charge < -0.3 is 4.90 Å². The lowest BCUT2D eigenvalue weighted by atomic mass is 10.0. The van der Waals surface area contributed by atoms with Gasteiger partial charge in [-0.05, 0) is 19.1 Å². The minimum absolute atomic E-state index is 0.201. The standard InChI is InChI=1S/C13H12FN5S/c1-7-15-12(18-17-7)8-5-19(6-8)13-16-10-4-2-3-9(14)11(10)20-13/h2-4,8H,5-6H2,1H3,(H,15,17,18). The van der Waals surface area contributed by atoms with E-state index in [0.29, 0.717) is 10.6 Å². The van der Waals surface area contributed by atoms with E-state index in [1.807, 2.05) is 13.0 Å². The number of rotatable bonds is 2. The summed E-state index contributed by atoms with van der Waals surface area (Å²) in [7, 11) is 0. The second-order valence-corrected chi connectivity index (χ2v) is 5.94. The summed E-state index contributed by atoms with van der Waals surface area (Å²) in [5.41, 5.74) is 0.724. The lowest BCUT2D eigenvalue weighted by molar-refractivity contribution is 0.501. The van der Waals surface area contributed by atoms with Gasteiger partial charge >= 0.3 is 0 Å². The van der Waals surface area contributed by atoms with Crippen LogP contribution in [-0.2, 0) is 0 Å². The quantitative estimate of drug-likeness (QED) is 0.787. The van der Waals surface area contributed by atoms with Crippen molar-refractivity contribution in [3.05, 3.63) is 35.7 Å². The van der Waals surface area contributed by atoms with E-state index >= 15 is 0 Å². The Labute approximate surface area is 118 Å². The molecular weight excluding hydrogens is 277 g/mol. The first-order valence-electron chi connectivity index (χ1n) is 6.39. The number of H-pyrrole nitrogens is 1. The number of aromatic amines is 1. The highest BCUT2D eigenvalue weighted by atomic mass is 32.1. The summed E-state index contributed by atoms with van der Waals surface area (Å²) < 4.78 is 14.3. The fraction of sp³-hybridized carbons (Fsp3) is 0.308. The summed E-state index contributed by atoms with van der Waals surface area (Å²) in [6.07, 6.45) is 0. The molecule has 7 heteroatoms. The lowest BCUT2D eigenvalue weighted by Gasteiger charge is -2.37. The molecule has 0 saturated carbocycles. The number of aryl methyl sites for hydroxylation is 1. The third-order valence-electron chi connectivity index (χ3n) is 3.49. The molecule has 20 heavy (non-hydrogen) atoms. The van der Waals surface area contributed by atoms with Crippen molar-refractivity contribution in [2.75, 3.05) is 18.0 Å². The SMILES string of the molecule is Cc1nc(C2CN(c3nc4cccc(F)c4s3)C2)n[nH]1. The van der Waals surface area contributed by atoms with Gasteiger partial charge in [-0.3, -0.25) is 5.10 Å². The zero-order chi connectivity index (χ0) is 13.7. The van der Waals surface area contributed by atoms with Gasteiger partial charge in [0.2, 0.25) is 0 Å². The Morgan fingerprint density at radius 1 is 1.35 bits per heavy atom. The van der Waals surface area contributed by atoms with Gasteiger partial charge in [0.15, 0.2) is 11.0 Å². The van der Waals surface area contributed by atoms with Crippen LogP contribution in [0.15, 0.2) is 18.2 Å². The Morgan fingerprint density at radius 2 is 2.20 bits per heavy atom. The van der Waals surface area contributed by atoms with Crippen molar-refractivity contribution in [2.45, 2.75) is 12.8 Å². The van der Waals surface area contributed by atoms with Gasteiger partial charge in [0.25, 0.3) is 0 Å². The summed E-state index contributed by atoms with van der Waals surface area (Å²) in [4.78, 5) is 11.0. The average Bonchev–Trinajstić information content (AvgIpc) is 2.95. The molecule has 1 saturated heterocycles. The molecule has 3 aromatic rings. The molecule has 102 valence electrons. The van der Waals surface area contributed by atoms with Crippen LogP contribution in [0.1, 0.15) is 17.6 Å². The molecule has 4 rings (SSSR count). The van der Waals surface area contributed by atoms with Gasteiger partial charge in [-0.25, -0.2) is 14.4 Å². The van der Waals surface area contributed by atoms with Crippen molar-refractivity contribution in [3.63, 3.8) is 0 Å². The number of hydrogen-bond acceptors (Lipinski definition) is 5. The van der Waals surface area contributed by atoms with Crippen molar-refractivity contribution < 1.29 is 4.39 Å². The van der Waals surface area contributed by atoms with Crippen molar-refractivity contribution in [1.29, 1.82) is 0 Å². The highest BCUT2D eigenvalue weighted by Crippen LogP contribution is 2.36. The Hall–Kier alpha value is -2.02. The van der Waals surface area contributed by atoms with E-state index in [2.05, 4.69) is 25.1 Å². The van der Waals surface area contributed by atoms with E-state index < -0.39 is 0 Å². The molecule has 0 atom stereocenters. The Bertz CT molecular complexity index is 774. The van der Waals surface area contributed by atoms with E-state index in [1.165, 1.54) is 17.4 Å². The van der Waals surface area contributed by atoms with Crippen LogP contribution in [0.25, 0.3) is 10.2 Å². The summed E-state index contributed by atoms with van der Waals surface area (Å²) in [5.74, 6) is 1.82. The van der Waals surface area contributed by atoms with Gasteiger partial charge in [-0.1, -0.05) is 17.4 Å². The molecule has 5 nitrogen and oxygen atoms in total. The zero-order valence-electron chi connectivity index (χ0n) is 10.8. The van der Waals surface area contributed by atoms with Crippen LogP contribution >= 0.6 is 11.3 Å². The molecule has 1 aromatic carbocycles.